The highest BCUT2D eigenvalue weighted by atomic mass is 32.2. The molecule has 0 bridgehead atoms. The second-order valence-corrected chi connectivity index (χ2v) is 10.0. The Bertz CT molecular complexity index is 979. The molecule has 0 saturated carbocycles. The average molecular weight is 472 g/mol. The largest absolute Gasteiger partial charge is 0.416 e. The molecule has 6 nitrogen and oxygen atoms in total. The van der Waals surface area contributed by atoms with E-state index in [9.17, 15) is 26.7 Å². The van der Waals surface area contributed by atoms with Crippen LogP contribution in [0.15, 0.2) is 59.5 Å². The van der Waals surface area contributed by atoms with Crippen LogP contribution in [0, 0.1) is 0 Å². The first-order valence-electron chi connectivity index (χ1n) is 10.4. The van der Waals surface area contributed by atoms with E-state index in [4.69, 9.17) is 0 Å². The van der Waals surface area contributed by atoms with Gasteiger partial charge in [-0.05, 0) is 30.8 Å². The molecular weight excluding hydrogens is 443 g/mol. The third kappa shape index (κ3) is 6.52. The Morgan fingerprint density at radius 1 is 1.03 bits per heavy atom. The van der Waals surface area contributed by atoms with Crippen molar-refractivity contribution < 1.29 is 26.7 Å². The van der Waals surface area contributed by atoms with Gasteiger partial charge in [-0.15, -0.1) is 0 Å². The van der Waals surface area contributed by atoms with Crippen LogP contribution in [-0.2, 0) is 22.7 Å². The minimum atomic E-state index is -4.60. The van der Waals surface area contributed by atoms with Crippen LogP contribution in [0.2, 0.25) is 0 Å². The third-order valence-electron chi connectivity index (χ3n) is 5.42. The Hall–Kier alpha value is -1.98. The lowest BCUT2D eigenvalue weighted by Gasteiger charge is -2.35. The van der Waals surface area contributed by atoms with E-state index in [1.807, 2.05) is 47.2 Å². The molecule has 10 heteroatoms. The zero-order valence-corrected chi connectivity index (χ0v) is 18.7. The molecule has 32 heavy (non-hydrogen) atoms. The average Bonchev–Trinajstić information content (AvgIpc) is 2.74. The van der Waals surface area contributed by atoms with E-state index in [-0.39, 0.29) is 18.0 Å². The number of likely N-dealkylation sites (N-methyl/N-ethyl adjacent to an activating group) is 1. The number of hydrogen-bond donors (Lipinski definition) is 1. The monoisotopic (exact) mass is 471 g/mol. The lowest BCUT2D eigenvalue weighted by atomic mass is 10.2. The minimum absolute atomic E-state index is 0.158. The summed E-state index contributed by atoms with van der Waals surface area (Å²) in [5.74, 6) is 0. The summed E-state index contributed by atoms with van der Waals surface area (Å²) in [5.41, 5.74) is 0.163. The SMILES string of the molecule is CN(Cc1ccccc1)CC(O)CN1CCN(S(=O)(=O)c2cccc(C(F)(F)F)c2)CC1. The van der Waals surface area contributed by atoms with Crippen molar-refractivity contribution in [1.29, 1.82) is 0 Å². The second kappa shape index (κ2) is 10.3. The molecule has 0 amide bonds. The molecule has 1 fully saturated rings. The van der Waals surface area contributed by atoms with Gasteiger partial charge in [-0.1, -0.05) is 36.4 Å². The van der Waals surface area contributed by atoms with Crippen LogP contribution in [-0.4, -0.2) is 80.0 Å². The number of hydrogen-bond acceptors (Lipinski definition) is 5. The smallest absolute Gasteiger partial charge is 0.390 e. The molecule has 1 heterocycles. The van der Waals surface area contributed by atoms with E-state index in [2.05, 4.69) is 0 Å². The molecule has 1 aliphatic rings. The standard InChI is InChI=1S/C22H28F3N3O3S/c1-26(15-18-6-3-2-4-7-18)16-20(29)17-27-10-12-28(13-11-27)32(30,31)21-9-5-8-19(14-21)22(23,24)25/h2-9,14,20,29H,10-13,15-17H2,1H3. The van der Waals surface area contributed by atoms with E-state index in [0.29, 0.717) is 38.8 Å². The number of rotatable bonds is 8. The number of halogens is 3. The van der Waals surface area contributed by atoms with Gasteiger partial charge in [0.15, 0.2) is 0 Å². The van der Waals surface area contributed by atoms with E-state index in [1.165, 1.54) is 10.4 Å². The van der Waals surface area contributed by atoms with Gasteiger partial charge >= 0.3 is 6.18 Å². The van der Waals surface area contributed by atoms with Crippen molar-refractivity contribution in [2.45, 2.75) is 23.7 Å². The van der Waals surface area contributed by atoms with E-state index >= 15 is 0 Å². The van der Waals surface area contributed by atoms with Gasteiger partial charge in [-0.3, -0.25) is 9.80 Å². The highest BCUT2D eigenvalue weighted by Gasteiger charge is 2.34. The molecule has 1 N–H and O–H groups in total. The maximum absolute atomic E-state index is 12.9. The van der Waals surface area contributed by atoms with Crippen molar-refractivity contribution in [3.63, 3.8) is 0 Å². The van der Waals surface area contributed by atoms with Gasteiger partial charge in [0.25, 0.3) is 0 Å². The number of alkyl halides is 3. The molecule has 1 atom stereocenters. The van der Waals surface area contributed by atoms with Crippen LogP contribution in [0.1, 0.15) is 11.1 Å². The first kappa shape index (κ1) is 24.7. The normalized spacial score (nSPS) is 17.6. The molecule has 2 aromatic rings. The molecule has 0 radical (unpaired) electrons. The molecule has 176 valence electrons. The Morgan fingerprint density at radius 2 is 1.69 bits per heavy atom. The van der Waals surface area contributed by atoms with Gasteiger partial charge in [-0.2, -0.15) is 17.5 Å². The summed E-state index contributed by atoms with van der Waals surface area (Å²) in [4.78, 5) is 3.64. The van der Waals surface area contributed by atoms with Crippen LogP contribution in [0.25, 0.3) is 0 Å². The zero-order chi connectivity index (χ0) is 23.4. The topological polar surface area (TPSA) is 64.1 Å². The number of β-amino-alcohol motifs (C(OH)–C–C–N with tert-alkyl or cyclic N) is 1. The summed E-state index contributed by atoms with van der Waals surface area (Å²) in [5, 5.41) is 10.4. The molecule has 3 rings (SSSR count). The van der Waals surface area contributed by atoms with Gasteiger partial charge in [0.05, 0.1) is 16.6 Å². The number of aliphatic hydroxyl groups excluding tert-OH is 1. The Morgan fingerprint density at radius 3 is 2.31 bits per heavy atom. The van der Waals surface area contributed by atoms with Crippen LogP contribution in [0.4, 0.5) is 13.2 Å². The van der Waals surface area contributed by atoms with Crippen molar-refractivity contribution in [3.05, 3.63) is 65.7 Å². The molecule has 0 aliphatic carbocycles. The Balaban J connectivity index is 1.51. The van der Waals surface area contributed by atoms with Crippen LogP contribution in [0.5, 0.6) is 0 Å². The number of aliphatic hydroxyl groups is 1. The number of nitrogens with zero attached hydrogens (tertiary/aromatic N) is 3. The second-order valence-electron chi connectivity index (χ2n) is 8.07. The van der Waals surface area contributed by atoms with Crippen molar-refractivity contribution in [1.82, 2.24) is 14.1 Å². The molecule has 1 saturated heterocycles. The number of piperazine rings is 1. The maximum atomic E-state index is 12.9. The maximum Gasteiger partial charge on any atom is 0.416 e. The highest BCUT2D eigenvalue weighted by Crippen LogP contribution is 2.31. The first-order chi connectivity index (χ1) is 15.1. The zero-order valence-electron chi connectivity index (χ0n) is 17.9. The minimum Gasteiger partial charge on any atom is -0.390 e. The lowest BCUT2D eigenvalue weighted by Crippen LogP contribution is -2.51. The summed E-state index contributed by atoms with van der Waals surface area (Å²) < 4.78 is 65.6. The Kier molecular flexibility index (Phi) is 7.94. The fourth-order valence-electron chi connectivity index (χ4n) is 3.81. The molecule has 1 unspecified atom stereocenters. The van der Waals surface area contributed by atoms with E-state index in [1.54, 1.807) is 0 Å². The fraction of sp³-hybridized carbons (Fsp3) is 0.455. The third-order valence-corrected chi connectivity index (χ3v) is 7.31. The van der Waals surface area contributed by atoms with Crippen LogP contribution >= 0.6 is 0 Å². The molecule has 1 aliphatic heterocycles. The van der Waals surface area contributed by atoms with Crippen molar-refractivity contribution in [2.24, 2.45) is 0 Å². The first-order valence-corrected chi connectivity index (χ1v) is 11.8. The van der Waals surface area contributed by atoms with Crippen molar-refractivity contribution in [2.75, 3.05) is 46.3 Å². The molecule has 0 aromatic heterocycles. The molecule has 0 spiro atoms. The van der Waals surface area contributed by atoms with Crippen LogP contribution < -0.4 is 0 Å². The van der Waals surface area contributed by atoms with E-state index in [0.717, 1.165) is 17.7 Å². The van der Waals surface area contributed by atoms with Crippen LogP contribution in [0.3, 0.4) is 0 Å². The van der Waals surface area contributed by atoms with E-state index < -0.39 is 27.9 Å². The fourth-order valence-corrected chi connectivity index (χ4v) is 5.28. The van der Waals surface area contributed by atoms with Gasteiger partial charge < -0.3 is 5.11 Å². The summed E-state index contributed by atoms with van der Waals surface area (Å²) in [6.45, 7) is 2.70. The highest BCUT2D eigenvalue weighted by molar-refractivity contribution is 7.89. The number of sulfonamides is 1. The van der Waals surface area contributed by atoms with Gasteiger partial charge in [0, 0.05) is 45.8 Å². The van der Waals surface area contributed by atoms with Gasteiger partial charge in [-0.25, -0.2) is 8.42 Å². The van der Waals surface area contributed by atoms with Gasteiger partial charge in [0.2, 0.25) is 10.0 Å². The predicted molar refractivity (Wildman–Crippen MR) is 115 cm³/mol. The lowest BCUT2D eigenvalue weighted by molar-refractivity contribution is -0.137. The summed E-state index contributed by atoms with van der Waals surface area (Å²) >= 11 is 0. The summed E-state index contributed by atoms with van der Waals surface area (Å²) in [6.07, 6.45) is -5.20. The molecular formula is C22H28F3N3O3S. The van der Waals surface area contributed by atoms with Gasteiger partial charge in [0.1, 0.15) is 0 Å². The number of benzene rings is 2. The Labute approximate surface area is 186 Å². The predicted octanol–water partition coefficient (Wildman–Crippen LogP) is 2.50. The summed E-state index contributed by atoms with van der Waals surface area (Å²) in [7, 11) is -2.09. The van der Waals surface area contributed by atoms with Crippen molar-refractivity contribution >= 4 is 10.0 Å². The van der Waals surface area contributed by atoms with Crippen molar-refractivity contribution in [3.8, 4) is 0 Å². The molecule has 2 aromatic carbocycles. The quantitative estimate of drug-likeness (QED) is 0.641. The summed E-state index contributed by atoms with van der Waals surface area (Å²) in [6, 6.07) is 13.7.